The summed E-state index contributed by atoms with van der Waals surface area (Å²) in [7, 11) is 0. The normalized spacial score (nSPS) is 17.0. The Kier molecular flexibility index (Phi) is 5.71. The second-order valence-electron chi connectivity index (χ2n) is 7.26. The van der Waals surface area contributed by atoms with Crippen LogP contribution in [0, 0.1) is 11.8 Å². The van der Waals surface area contributed by atoms with E-state index in [4.69, 9.17) is 0 Å². The molecule has 1 saturated heterocycles. The van der Waals surface area contributed by atoms with Crippen LogP contribution in [0.15, 0.2) is 54.6 Å². The first-order valence-corrected chi connectivity index (χ1v) is 9.27. The highest BCUT2D eigenvalue weighted by Gasteiger charge is 2.38. The van der Waals surface area contributed by atoms with E-state index in [1.165, 1.54) is 5.56 Å². The molecule has 26 heavy (non-hydrogen) atoms. The highest BCUT2D eigenvalue weighted by molar-refractivity contribution is 6.09. The second kappa shape index (κ2) is 8.17. The fourth-order valence-electron chi connectivity index (χ4n) is 3.33. The van der Waals surface area contributed by atoms with E-state index in [9.17, 15) is 9.59 Å². The Morgan fingerprint density at radius 2 is 1.81 bits per heavy atom. The van der Waals surface area contributed by atoms with Gasteiger partial charge in [-0.1, -0.05) is 62.4 Å². The van der Waals surface area contributed by atoms with Crippen molar-refractivity contribution in [3.05, 3.63) is 65.7 Å². The molecule has 4 nitrogen and oxygen atoms in total. The summed E-state index contributed by atoms with van der Waals surface area (Å²) in [6, 6.07) is 18.2. The summed E-state index contributed by atoms with van der Waals surface area (Å²) in [4.78, 5) is 27.0. The summed E-state index contributed by atoms with van der Waals surface area (Å²) in [6.07, 6.45) is 1.34. The maximum Gasteiger partial charge on any atom is 0.239 e. The molecule has 4 heteroatoms. The van der Waals surface area contributed by atoms with Gasteiger partial charge in [-0.25, -0.2) is 0 Å². The second-order valence-corrected chi connectivity index (χ2v) is 7.26. The quantitative estimate of drug-likeness (QED) is 0.812. The van der Waals surface area contributed by atoms with Gasteiger partial charge in [-0.3, -0.25) is 9.59 Å². The fourth-order valence-corrected chi connectivity index (χ4v) is 3.33. The van der Waals surface area contributed by atoms with Gasteiger partial charge in [0.1, 0.15) is 5.92 Å². The van der Waals surface area contributed by atoms with Crippen LogP contribution in [-0.2, 0) is 16.0 Å². The molecule has 2 aromatic rings. The van der Waals surface area contributed by atoms with Crippen LogP contribution in [0.25, 0.3) is 0 Å². The zero-order chi connectivity index (χ0) is 18.5. The van der Waals surface area contributed by atoms with Crippen LogP contribution in [0.2, 0.25) is 0 Å². The predicted molar refractivity (Wildman–Crippen MR) is 104 cm³/mol. The SMILES string of the molecule is CC(C)CNC(=O)C1CCN(c2ccccc2Cc2ccccc2)C1=O. The number of carbonyl (C=O) groups excluding carboxylic acids is 2. The van der Waals surface area contributed by atoms with Crippen LogP contribution in [0.5, 0.6) is 0 Å². The number of hydrogen-bond donors (Lipinski definition) is 1. The van der Waals surface area contributed by atoms with Gasteiger partial charge in [0.15, 0.2) is 0 Å². The molecule has 0 saturated carbocycles. The van der Waals surface area contributed by atoms with Crippen molar-refractivity contribution in [1.82, 2.24) is 5.32 Å². The van der Waals surface area contributed by atoms with E-state index in [1.54, 1.807) is 4.90 Å². The monoisotopic (exact) mass is 350 g/mol. The molecule has 0 spiro atoms. The average Bonchev–Trinajstić information content (AvgIpc) is 3.02. The van der Waals surface area contributed by atoms with Crippen molar-refractivity contribution in [2.45, 2.75) is 26.7 Å². The van der Waals surface area contributed by atoms with Crippen molar-refractivity contribution in [1.29, 1.82) is 0 Å². The first kappa shape index (κ1) is 18.2. The van der Waals surface area contributed by atoms with Gasteiger partial charge in [0, 0.05) is 18.8 Å². The zero-order valence-corrected chi connectivity index (χ0v) is 15.4. The van der Waals surface area contributed by atoms with E-state index in [1.807, 2.05) is 50.2 Å². The lowest BCUT2D eigenvalue weighted by atomic mass is 10.0. The van der Waals surface area contributed by atoms with Gasteiger partial charge in [0.25, 0.3) is 0 Å². The minimum Gasteiger partial charge on any atom is -0.355 e. The molecule has 1 N–H and O–H groups in total. The van der Waals surface area contributed by atoms with Crippen molar-refractivity contribution < 1.29 is 9.59 Å². The Morgan fingerprint density at radius 3 is 2.54 bits per heavy atom. The lowest BCUT2D eigenvalue weighted by molar-refractivity contribution is -0.132. The molecule has 0 radical (unpaired) electrons. The molecule has 1 heterocycles. The highest BCUT2D eigenvalue weighted by atomic mass is 16.2. The van der Waals surface area contributed by atoms with Gasteiger partial charge in [-0.2, -0.15) is 0 Å². The molecule has 2 amide bonds. The third-order valence-electron chi connectivity index (χ3n) is 4.73. The van der Waals surface area contributed by atoms with E-state index >= 15 is 0 Å². The molecule has 2 aromatic carbocycles. The van der Waals surface area contributed by atoms with E-state index in [0.29, 0.717) is 25.4 Å². The van der Waals surface area contributed by atoms with Crippen molar-refractivity contribution >= 4 is 17.5 Å². The van der Waals surface area contributed by atoms with E-state index in [2.05, 4.69) is 23.5 Å². The van der Waals surface area contributed by atoms with Gasteiger partial charge in [0.05, 0.1) is 0 Å². The van der Waals surface area contributed by atoms with Crippen LogP contribution in [0.3, 0.4) is 0 Å². The van der Waals surface area contributed by atoms with Crippen LogP contribution in [0.4, 0.5) is 5.69 Å². The van der Waals surface area contributed by atoms with Gasteiger partial charge in [-0.15, -0.1) is 0 Å². The Hall–Kier alpha value is -2.62. The number of carbonyl (C=O) groups is 2. The smallest absolute Gasteiger partial charge is 0.239 e. The molecule has 0 bridgehead atoms. The van der Waals surface area contributed by atoms with E-state index < -0.39 is 5.92 Å². The molecule has 136 valence electrons. The molecule has 1 fully saturated rings. The molecule has 0 aliphatic carbocycles. The predicted octanol–water partition coefficient (Wildman–Crippen LogP) is 3.40. The van der Waals surface area contributed by atoms with Crippen LogP contribution >= 0.6 is 0 Å². The standard InChI is InChI=1S/C22H26N2O2/c1-16(2)15-23-21(25)19-12-13-24(22(19)26)20-11-7-6-10-18(20)14-17-8-4-3-5-9-17/h3-11,16,19H,12-15H2,1-2H3,(H,23,25). The summed E-state index contributed by atoms with van der Waals surface area (Å²) in [5.74, 6) is -0.435. The Morgan fingerprint density at radius 1 is 1.12 bits per heavy atom. The minimum atomic E-state index is -0.571. The number of para-hydroxylation sites is 1. The molecule has 1 aliphatic heterocycles. The third-order valence-corrected chi connectivity index (χ3v) is 4.73. The van der Waals surface area contributed by atoms with E-state index in [0.717, 1.165) is 17.7 Å². The number of anilines is 1. The van der Waals surface area contributed by atoms with Crippen molar-refractivity contribution in [3.63, 3.8) is 0 Å². The Balaban J connectivity index is 1.76. The van der Waals surface area contributed by atoms with E-state index in [-0.39, 0.29) is 11.8 Å². The summed E-state index contributed by atoms with van der Waals surface area (Å²) >= 11 is 0. The van der Waals surface area contributed by atoms with Crippen LogP contribution in [0.1, 0.15) is 31.4 Å². The highest BCUT2D eigenvalue weighted by Crippen LogP contribution is 2.29. The fraction of sp³-hybridized carbons (Fsp3) is 0.364. The number of amides is 2. The lowest BCUT2D eigenvalue weighted by Gasteiger charge is -2.20. The lowest BCUT2D eigenvalue weighted by Crippen LogP contribution is -2.38. The largest absolute Gasteiger partial charge is 0.355 e. The number of hydrogen-bond acceptors (Lipinski definition) is 2. The molecule has 1 atom stereocenters. The number of rotatable bonds is 6. The molecule has 0 aromatic heterocycles. The maximum absolute atomic E-state index is 12.9. The molecular weight excluding hydrogens is 324 g/mol. The molecule has 1 aliphatic rings. The first-order valence-electron chi connectivity index (χ1n) is 9.27. The molecular formula is C22H26N2O2. The van der Waals surface area contributed by atoms with Crippen molar-refractivity contribution in [2.24, 2.45) is 11.8 Å². The average molecular weight is 350 g/mol. The van der Waals surface area contributed by atoms with Gasteiger partial charge >= 0.3 is 0 Å². The van der Waals surface area contributed by atoms with Crippen molar-refractivity contribution in [3.8, 4) is 0 Å². The molecule has 3 rings (SSSR count). The van der Waals surface area contributed by atoms with Gasteiger partial charge in [-0.05, 0) is 36.0 Å². The number of nitrogens with one attached hydrogen (secondary N) is 1. The molecule has 1 unspecified atom stereocenters. The first-order chi connectivity index (χ1) is 12.6. The Labute approximate surface area is 155 Å². The Bertz CT molecular complexity index is 771. The van der Waals surface area contributed by atoms with Gasteiger partial charge in [0.2, 0.25) is 11.8 Å². The third kappa shape index (κ3) is 4.13. The summed E-state index contributed by atoms with van der Waals surface area (Å²) < 4.78 is 0. The summed E-state index contributed by atoms with van der Waals surface area (Å²) in [6.45, 7) is 5.28. The number of benzene rings is 2. The van der Waals surface area contributed by atoms with Crippen LogP contribution < -0.4 is 10.2 Å². The minimum absolute atomic E-state index is 0.0910. The number of nitrogens with zero attached hydrogens (tertiary/aromatic N) is 1. The van der Waals surface area contributed by atoms with Gasteiger partial charge < -0.3 is 10.2 Å². The topological polar surface area (TPSA) is 49.4 Å². The van der Waals surface area contributed by atoms with Crippen LogP contribution in [-0.4, -0.2) is 24.9 Å². The summed E-state index contributed by atoms with van der Waals surface area (Å²) in [5, 5.41) is 2.89. The maximum atomic E-state index is 12.9. The van der Waals surface area contributed by atoms with Crippen molar-refractivity contribution in [2.75, 3.05) is 18.0 Å². The zero-order valence-electron chi connectivity index (χ0n) is 15.4. The summed E-state index contributed by atoms with van der Waals surface area (Å²) in [5.41, 5.74) is 3.23.